The molecule has 6 nitrogen and oxygen atoms in total. The molecule has 21 heavy (non-hydrogen) atoms. The van der Waals surface area contributed by atoms with E-state index >= 15 is 0 Å². The van der Waals surface area contributed by atoms with Crippen LogP contribution >= 0.6 is 11.6 Å². The second kappa shape index (κ2) is 5.34. The average Bonchev–Trinajstić information content (AvgIpc) is 2.80. The van der Waals surface area contributed by atoms with E-state index in [0.717, 1.165) is 10.6 Å². The normalized spacial score (nSPS) is 13.9. The van der Waals surface area contributed by atoms with Crippen molar-refractivity contribution in [2.24, 2.45) is 0 Å². The molecule has 7 heteroatoms. The Balaban J connectivity index is 2.01. The van der Waals surface area contributed by atoms with E-state index in [9.17, 15) is 9.59 Å². The molecule has 0 unspecified atom stereocenters. The van der Waals surface area contributed by atoms with E-state index in [-0.39, 0.29) is 16.8 Å². The highest BCUT2D eigenvalue weighted by Gasteiger charge is 2.28. The highest BCUT2D eigenvalue weighted by atomic mass is 35.5. The van der Waals surface area contributed by atoms with Crippen LogP contribution in [0.1, 0.15) is 0 Å². The number of hydrogen-bond acceptors (Lipinski definition) is 5. The lowest BCUT2D eigenvalue weighted by Gasteiger charge is -2.17. The largest absolute Gasteiger partial charge is 0.338 e. The van der Waals surface area contributed by atoms with Crippen molar-refractivity contribution in [2.45, 2.75) is 0 Å². The van der Waals surface area contributed by atoms with Gasteiger partial charge in [-0.05, 0) is 23.7 Å². The summed E-state index contributed by atoms with van der Waals surface area (Å²) in [6.07, 6.45) is 3.73. The molecule has 0 aliphatic carbocycles. The number of hydrogen-bond donors (Lipinski definition) is 1. The summed E-state index contributed by atoms with van der Waals surface area (Å²) in [5.41, 5.74) is 1.00. The summed E-state index contributed by atoms with van der Waals surface area (Å²) in [4.78, 5) is 32.4. The van der Waals surface area contributed by atoms with Crippen LogP contribution in [-0.2, 0) is 9.59 Å². The van der Waals surface area contributed by atoms with Gasteiger partial charge in [-0.15, -0.1) is 0 Å². The summed E-state index contributed by atoms with van der Waals surface area (Å²) < 4.78 is 0. The minimum Gasteiger partial charge on any atom is -0.338 e. The second-order valence-electron chi connectivity index (χ2n) is 4.21. The highest BCUT2D eigenvalue weighted by molar-refractivity contribution is 6.30. The van der Waals surface area contributed by atoms with Crippen LogP contribution in [0.2, 0.25) is 5.28 Å². The number of carbonyl (C=O) groups is 2. The molecule has 0 spiro atoms. The van der Waals surface area contributed by atoms with Gasteiger partial charge in [0, 0.05) is 17.8 Å². The van der Waals surface area contributed by atoms with Gasteiger partial charge in [-0.1, -0.05) is 18.2 Å². The maximum absolute atomic E-state index is 11.8. The van der Waals surface area contributed by atoms with Gasteiger partial charge in [0.25, 0.3) is 11.8 Å². The third-order valence-corrected chi connectivity index (χ3v) is 3.01. The lowest BCUT2D eigenvalue weighted by molar-refractivity contribution is -0.119. The molecule has 0 atom stereocenters. The number of para-hydroxylation sites is 1. The molecule has 1 aromatic heterocycles. The van der Waals surface area contributed by atoms with Crippen molar-refractivity contribution in [2.75, 3.05) is 10.2 Å². The van der Waals surface area contributed by atoms with Crippen LogP contribution in [0.5, 0.6) is 0 Å². The Bertz CT molecular complexity index is 728. The predicted octanol–water partition coefficient (Wildman–Crippen LogP) is 2.30. The van der Waals surface area contributed by atoms with Crippen LogP contribution in [0.25, 0.3) is 0 Å². The van der Waals surface area contributed by atoms with Crippen LogP contribution in [0, 0.1) is 0 Å². The summed E-state index contributed by atoms with van der Waals surface area (Å²) in [6, 6.07) is 9.21. The number of rotatable bonds is 3. The number of imide groups is 1. The van der Waals surface area contributed by atoms with E-state index in [0.29, 0.717) is 0 Å². The Morgan fingerprint density at radius 1 is 1.05 bits per heavy atom. The maximum Gasteiger partial charge on any atom is 0.258 e. The molecular weight excluding hydrogens is 292 g/mol. The van der Waals surface area contributed by atoms with E-state index in [1.54, 1.807) is 0 Å². The molecule has 3 rings (SSSR count). The average molecular weight is 301 g/mol. The standard InChI is InChI=1S/C14H9ClN4O2/c15-14-16-8-10(19-11(20)6-7-12(19)21)13(18-14)17-9-4-2-1-3-5-9/h1-8H,(H,16,17,18). The molecule has 0 saturated carbocycles. The zero-order chi connectivity index (χ0) is 14.8. The topological polar surface area (TPSA) is 75.2 Å². The fourth-order valence-electron chi connectivity index (χ4n) is 1.91. The summed E-state index contributed by atoms with van der Waals surface area (Å²) in [5, 5.41) is 3.04. The Morgan fingerprint density at radius 2 is 1.71 bits per heavy atom. The van der Waals surface area contributed by atoms with Crippen molar-refractivity contribution in [1.29, 1.82) is 0 Å². The summed E-state index contributed by atoms with van der Waals surface area (Å²) in [7, 11) is 0. The zero-order valence-electron chi connectivity index (χ0n) is 10.7. The van der Waals surface area contributed by atoms with Crippen LogP contribution in [-0.4, -0.2) is 21.8 Å². The van der Waals surface area contributed by atoms with Crippen molar-refractivity contribution in [3.8, 4) is 0 Å². The molecule has 2 heterocycles. The molecule has 0 bridgehead atoms. The Morgan fingerprint density at radius 3 is 2.38 bits per heavy atom. The predicted molar refractivity (Wildman–Crippen MR) is 78.4 cm³/mol. The molecule has 1 aliphatic heterocycles. The van der Waals surface area contributed by atoms with Crippen molar-refractivity contribution >= 4 is 40.6 Å². The number of aromatic nitrogens is 2. The first kappa shape index (κ1) is 13.3. The van der Waals surface area contributed by atoms with Gasteiger partial charge in [-0.3, -0.25) is 9.59 Å². The van der Waals surface area contributed by atoms with E-state index in [1.165, 1.54) is 18.3 Å². The fraction of sp³-hybridized carbons (Fsp3) is 0. The minimum atomic E-state index is -0.443. The molecule has 2 aromatic rings. The number of nitrogens with one attached hydrogen (secondary N) is 1. The summed E-state index contributed by atoms with van der Waals surface area (Å²) in [6.45, 7) is 0. The smallest absolute Gasteiger partial charge is 0.258 e. The SMILES string of the molecule is O=C1C=CC(=O)N1c1cnc(Cl)nc1Nc1ccccc1. The number of carbonyl (C=O) groups excluding carboxylic acids is 2. The molecule has 1 aromatic carbocycles. The van der Waals surface area contributed by atoms with E-state index in [2.05, 4.69) is 15.3 Å². The van der Waals surface area contributed by atoms with Gasteiger partial charge in [0.05, 0.1) is 6.20 Å². The first-order valence-electron chi connectivity index (χ1n) is 6.06. The number of benzene rings is 1. The van der Waals surface area contributed by atoms with Crippen molar-refractivity contribution < 1.29 is 9.59 Å². The number of amides is 2. The molecule has 0 fully saturated rings. The van der Waals surface area contributed by atoms with E-state index < -0.39 is 11.8 Å². The van der Waals surface area contributed by atoms with Crippen molar-refractivity contribution in [1.82, 2.24) is 9.97 Å². The fourth-order valence-corrected chi connectivity index (χ4v) is 2.04. The summed E-state index contributed by atoms with van der Waals surface area (Å²) >= 11 is 5.80. The molecule has 1 N–H and O–H groups in total. The van der Waals surface area contributed by atoms with Crippen LogP contribution in [0.15, 0.2) is 48.7 Å². The molecule has 0 saturated heterocycles. The Hall–Kier alpha value is -2.73. The van der Waals surface area contributed by atoms with Crippen molar-refractivity contribution in [3.63, 3.8) is 0 Å². The lowest BCUT2D eigenvalue weighted by Crippen LogP contribution is -2.30. The first-order chi connectivity index (χ1) is 10.1. The molecule has 2 amide bonds. The first-order valence-corrected chi connectivity index (χ1v) is 6.44. The van der Waals surface area contributed by atoms with Gasteiger partial charge in [0.2, 0.25) is 5.28 Å². The van der Waals surface area contributed by atoms with Gasteiger partial charge in [-0.25, -0.2) is 9.88 Å². The molecule has 0 radical (unpaired) electrons. The molecular formula is C14H9ClN4O2. The summed E-state index contributed by atoms with van der Waals surface area (Å²) in [5.74, 6) is -0.601. The monoisotopic (exact) mass is 300 g/mol. The van der Waals surface area contributed by atoms with Gasteiger partial charge in [0.1, 0.15) is 5.69 Å². The Labute approximate surface area is 125 Å². The van der Waals surface area contributed by atoms with E-state index in [1.807, 2.05) is 30.3 Å². The lowest BCUT2D eigenvalue weighted by atomic mass is 10.3. The van der Waals surface area contributed by atoms with Gasteiger partial charge in [0.15, 0.2) is 5.82 Å². The number of halogens is 1. The van der Waals surface area contributed by atoms with E-state index in [4.69, 9.17) is 11.6 Å². The van der Waals surface area contributed by atoms with Crippen LogP contribution in [0.3, 0.4) is 0 Å². The third-order valence-electron chi connectivity index (χ3n) is 2.83. The third kappa shape index (κ3) is 2.61. The maximum atomic E-state index is 11.8. The van der Waals surface area contributed by atoms with Gasteiger partial charge < -0.3 is 5.32 Å². The van der Waals surface area contributed by atoms with Gasteiger partial charge >= 0.3 is 0 Å². The molecule has 1 aliphatic rings. The zero-order valence-corrected chi connectivity index (χ0v) is 11.4. The minimum absolute atomic E-state index is 0.0178. The number of nitrogens with zero attached hydrogens (tertiary/aromatic N) is 3. The van der Waals surface area contributed by atoms with Crippen molar-refractivity contribution in [3.05, 3.63) is 54.0 Å². The second-order valence-corrected chi connectivity index (χ2v) is 4.55. The Kier molecular flexibility index (Phi) is 3.37. The van der Waals surface area contributed by atoms with Crippen LogP contribution < -0.4 is 10.2 Å². The number of anilines is 3. The highest BCUT2D eigenvalue weighted by Crippen LogP contribution is 2.29. The molecule has 104 valence electrons. The van der Waals surface area contributed by atoms with Crippen LogP contribution in [0.4, 0.5) is 17.2 Å². The van der Waals surface area contributed by atoms with Gasteiger partial charge in [-0.2, -0.15) is 4.98 Å². The quantitative estimate of drug-likeness (QED) is 0.695.